The molecular formula is C6H5-. The first-order valence-corrected chi connectivity index (χ1v) is 1.50. The summed E-state index contributed by atoms with van der Waals surface area (Å²) in [5.74, 6) is 0. The summed E-state index contributed by atoms with van der Waals surface area (Å²) in [6.07, 6.45) is 0. The van der Waals surface area contributed by atoms with Crippen molar-refractivity contribution in [2.45, 2.75) is 0 Å². The minimum Gasteiger partial charge on any atom is -0.184 e. The van der Waals surface area contributed by atoms with Crippen LogP contribution in [0.1, 0.15) is 6.85 Å². The van der Waals surface area contributed by atoms with Crippen LogP contribution in [0.4, 0.5) is 0 Å². The molecule has 0 aliphatic heterocycles. The molecule has 0 nitrogen and oxygen atoms in total. The maximum Gasteiger partial charge on any atom is 0.0336 e. The standard InChI is InChI=1S/C6H5/c1-2-4-6-5-3-1/h1-5H/q-1/i1D,2D,3D,4D,5D. The number of benzene rings is 1. The highest BCUT2D eigenvalue weighted by Gasteiger charge is 1.46. The fraction of sp³-hybridized carbons (Fsp3) is 0. The van der Waals surface area contributed by atoms with Gasteiger partial charge in [0.05, 0.1) is 0 Å². The molecule has 0 amide bonds. The molecule has 0 saturated carbocycles. The maximum absolute atomic E-state index is 7.09. The summed E-state index contributed by atoms with van der Waals surface area (Å²) < 4.78 is 35.3. The summed E-state index contributed by atoms with van der Waals surface area (Å²) in [5, 5.41) is 0. The average Bonchev–Trinajstić information content (AvgIpc) is 1.97. The lowest BCUT2D eigenvalue weighted by molar-refractivity contribution is 1.70. The van der Waals surface area contributed by atoms with E-state index in [-0.39, 0.29) is 30.2 Å². The second-order valence-electron chi connectivity index (χ2n) is 0.750. The molecule has 0 spiro atoms. The third-order valence-electron chi connectivity index (χ3n) is 0.375. The Morgan fingerprint density at radius 1 is 1.17 bits per heavy atom. The quantitative estimate of drug-likeness (QED) is 0.416. The van der Waals surface area contributed by atoms with Crippen molar-refractivity contribution in [3.63, 3.8) is 0 Å². The van der Waals surface area contributed by atoms with Crippen LogP contribution in [0.3, 0.4) is 0 Å². The maximum atomic E-state index is 7.09. The van der Waals surface area contributed by atoms with Gasteiger partial charge in [0.1, 0.15) is 0 Å². The highest BCUT2D eigenvalue weighted by atomic mass is 13.6. The second kappa shape index (κ2) is 1.61. The monoisotopic (exact) mass is 82.1 g/mol. The Morgan fingerprint density at radius 2 is 1.83 bits per heavy atom. The molecule has 0 fully saturated rings. The molecule has 30 valence electrons. The Labute approximate surface area is 44.5 Å². The Hall–Kier alpha value is -0.780. The molecular weight excluding hydrogens is 72.1 g/mol. The normalized spacial score (nSPS) is 19.7. The average molecular weight is 82.1 g/mol. The van der Waals surface area contributed by atoms with E-state index in [1.54, 1.807) is 0 Å². The molecule has 0 bridgehead atoms. The molecule has 0 saturated heterocycles. The smallest absolute Gasteiger partial charge is 0.0336 e. The van der Waals surface area contributed by atoms with Crippen LogP contribution in [-0.4, -0.2) is 0 Å². The van der Waals surface area contributed by atoms with Gasteiger partial charge in [-0.05, 0) is 2.74 Å². The van der Waals surface area contributed by atoms with Gasteiger partial charge in [-0.15, -0.1) is 0 Å². The Kier molecular flexibility index (Phi) is 0.238. The number of hydrogen-bond donors (Lipinski definition) is 0. The van der Waals surface area contributed by atoms with E-state index in [2.05, 4.69) is 6.07 Å². The topological polar surface area (TPSA) is 0 Å². The van der Waals surface area contributed by atoms with E-state index >= 15 is 0 Å². The fourth-order valence-corrected chi connectivity index (χ4v) is 0.188. The zero-order valence-electron chi connectivity index (χ0n) is 8.00. The van der Waals surface area contributed by atoms with Gasteiger partial charge in [0.25, 0.3) is 0 Å². The summed E-state index contributed by atoms with van der Waals surface area (Å²) in [5.41, 5.74) is 0. The molecule has 1 rings (SSSR count). The van der Waals surface area contributed by atoms with E-state index in [1.165, 1.54) is 0 Å². The van der Waals surface area contributed by atoms with E-state index in [0.29, 0.717) is 0 Å². The molecule has 0 radical (unpaired) electrons. The predicted octanol–water partition coefficient (Wildman–Crippen LogP) is 1.49. The molecule has 0 N–H and O–H groups in total. The Balaban J connectivity index is 3.46. The van der Waals surface area contributed by atoms with Crippen molar-refractivity contribution in [2.75, 3.05) is 0 Å². The molecule has 6 heavy (non-hydrogen) atoms. The van der Waals surface area contributed by atoms with Crippen molar-refractivity contribution in [1.82, 2.24) is 0 Å². The van der Waals surface area contributed by atoms with E-state index in [1.807, 2.05) is 0 Å². The van der Waals surface area contributed by atoms with E-state index in [9.17, 15) is 0 Å². The highest BCUT2D eigenvalue weighted by molar-refractivity contribution is 4.97. The van der Waals surface area contributed by atoms with Gasteiger partial charge in [0.2, 0.25) is 0 Å². The van der Waals surface area contributed by atoms with Gasteiger partial charge in [0.15, 0.2) is 0 Å². The van der Waals surface area contributed by atoms with E-state index < -0.39 is 0 Å². The summed E-state index contributed by atoms with van der Waals surface area (Å²) >= 11 is 0. The van der Waals surface area contributed by atoms with Crippen LogP contribution >= 0.6 is 0 Å². The molecule has 0 heterocycles. The molecule has 0 unspecified atom stereocenters. The van der Waals surface area contributed by atoms with Crippen LogP contribution in [0.15, 0.2) is 30.2 Å². The summed E-state index contributed by atoms with van der Waals surface area (Å²) in [7, 11) is 0. The minimum atomic E-state index is -0.376. The van der Waals surface area contributed by atoms with Crippen LogP contribution in [0.2, 0.25) is 0 Å². The first-order chi connectivity index (χ1) is 5.04. The third-order valence-corrected chi connectivity index (χ3v) is 0.375. The highest BCUT2D eigenvalue weighted by Crippen LogP contribution is 1.78. The van der Waals surface area contributed by atoms with Crippen LogP contribution in [-0.2, 0) is 0 Å². The van der Waals surface area contributed by atoms with Gasteiger partial charge in [-0.25, -0.2) is 0 Å². The predicted molar refractivity (Wildman–Crippen MR) is 25.3 cm³/mol. The Bertz CT molecular complexity index is 267. The second-order valence-corrected chi connectivity index (χ2v) is 0.750. The van der Waals surface area contributed by atoms with Gasteiger partial charge >= 0.3 is 0 Å². The molecule has 0 aliphatic carbocycles. The van der Waals surface area contributed by atoms with Gasteiger partial charge in [-0.2, -0.15) is 36.3 Å². The zero-order chi connectivity index (χ0) is 8.59. The van der Waals surface area contributed by atoms with Gasteiger partial charge in [-0.1, -0.05) is 0 Å². The third kappa shape index (κ3) is 0.582. The largest absolute Gasteiger partial charge is 0.184 e. The van der Waals surface area contributed by atoms with Crippen LogP contribution < -0.4 is 0 Å². The van der Waals surface area contributed by atoms with Crippen molar-refractivity contribution in [3.05, 3.63) is 36.3 Å². The number of rotatable bonds is 0. The van der Waals surface area contributed by atoms with E-state index in [0.717, 1.165) is 0 Å². The summed E-state index contributed by atoms with van der Waals surface area (Å²) in [4.78, 5) is 0. The van der Waals surface area contributed by atoms with Crippen molar-refractivity contribution in [3.8, 4) is 0 Å². The molecule has 1 aromatic rings. The van der Waals surface area contributed by atoms with Gasteiger partial charge < -0.3 is 0 Å². The molecule has 0 atom stereocenters. The zero-order valence-corrected chi connectivity index (χ0v) is 3.00. The fourth-order valence-electron chi connectivity index (χ4n) is 0.188. The SMILES string of the molecule is [2H]c1[c-]c([2H])c([2H])c([2H])c1[2H]. The van der Waals surface area contributed by atoms with Crippen LogP contribution in [0.5, 0.6) is 0 Å². The number of hydrogen-bond acceptors (Lipinski definition) is 0. The molecule has 0 aromatic heterocycles. The Morgan fingerprint density at radius 3 is 2.50 bits per heavy atom. The van der Waals surface area contributed by atoms with Crippen LogP contribution in [0.25, 0.3) is 0 Å². The first kappa shape index (κ1) is 0.890. The first-order valence-electron chi connectivity index (χ1n) is 4.00. The summed E-state index contributed by atoms with van der Waals surface area (Å²) in [6, 6.07) is 0.536. The van der Waals surface area contributed by atoms with Crippen molar-refractivity contribution in [2.24, 2.45) is 0 Å². The summed E-state index contributed by atoms with van der Waals surface area (Å²) in [6.45, 7) is 0. The molecule has 0 aliphatic rings. The van der Waals surface area contributed by atoms with Gasteiger partial charge in [-0.3, -0.25) is 0 Å². The lowest BCUT2D eigenvalue weighted by Gasteiger charge is -1.81. The minimum absolute atomic E-state index is 0.295. The van der Waals surface area contributed by atoms with Crippen molar-refractivity contribution in [1.29, 1.82) is 0 Å². The van der Waals surface area contributed by atoms with Crippen LogP contribution in [0, 0.1) is 6.07 Å². The lowest BCUT2D eigenvalue weighted by atomic mass is 10.4. The van der Waals surface area contributed by atoms with E-state index in [4.69, 9.17) is 6.85 Å². The lowest BCUT2D eigenvalue weighted by Crippen LogP contribution is -1.49. The van der Waals surface area contributed by atoms with Crippen molar-refractivity contribution < 1.29 is 6.85 Å². The molecule has 0 heteroatoms. The van der Waals surface area contributed by atoms with Crippen molar-refractivity contribution >= 4 is 0 Å². The van der Waals surface area contributed by atoms with Gasteiger partial charge in [0, 0.05) is 4.11 Å². The molecule has 1 aromatic carbocycles.